The third-order valence-electron chi connectivity index (χ3n) is 2.71. The average molecular weight is 156 g/mol. The molecule has 0 amide bonds. The molecule has 0 aliphatic carbocycles. The Kier molecular flexibility index (Phi) is 1.87. The Morgan fingerprint density at radius 1 is 1.45 bits per heavy atom. The smallest absolute Gasteiger partial charge is 0.131 e. The molecule has 3 nitrogen and oxygen atoms in total. The van der Waals surface area contributed by atoms with Gasteiger partial charge in [0, 0.05) is 12.6 Å². The standard InChI is InChI=1S/C8H16N2O/c1-8(10-5-6-11-8)7-3-2-4-9-7/h7,9-10H,2-6H2,1H3. The summed E-state index contributed by atoms with van der Waals surface area (Å²) in [6.45, 7) is 5.14. The number of hydrogen-bond acceptors (Lipinski definition) is 3. The van der Waals surface area contributed by atoms with E-state index in [2.05, 4.69) is 17.6 Å². The lowest BCUT2D eigenvalue weighted by Crippen LogP contribution is -2.53. The molecule has 2 heterocycles. The van der Waals surface area contributed by atoms with Crippen LogP contribution in [0.2, 0.25) is 0 Å². The van der Waals surface area contributed by atoms with Gasteiger partial charge in [0.05, 0.1) is 6.61 Å². The highest BCUT2D eigenvalue weighted by Crippen LogP contribution is 2.22. The quantitative estimate of drug-likeness (QED) is 0.564. The Labute approximate surface area is 67.5 Å². The molecular formula is C8H16N2O. The third-order valence-corrected chi connectivity index (χ3v) is 2.71. The van der Waals surface area contributed by atoms with Crippen molar-refractivity contribution in [1.29, 1.82) is 0 Å². The van der Waals surface area contributed by atoms with Gasteiger partial charge in [-0.15, -0.1) is 0 Å². The topological polar surface area (TPSA) is 33.3 Å². The van der Waals surface area contributed by atoms with Gasteiger partial charge < -0.3 is 10.1 Å². The molecular weight excluding hydrogens is 140 g/mol. The molecule has 2 fully saturated rings. The molecule has 64 valence electrons. The zero-order valence-electron chi connectivity index (χ0n) is 7.02. The Bertz CT molecular complexity index is 137. The maximum absolute atomic E-state index is 5.65. The number of nitrogens with one attached hydrogen (secondary N) is 2. The summed E-state index contributed by atoms with van der Waals surface area (Å²) in [6, 6.07) is 0.519. The fraction of sp³-hybridized carbons (Fsp3) is 1.00. The van der Waals surface area contributed by atoms with Gasteiger partial charge in [0.15, 0.2) is 0 Å². The second kappa shape index (κ2) is 2.73. The number of rotatable bonds is 1. The van der Waals surface area contributed by atoms with Crippen molar-refractivity contribution in [2.24, 2.45) is 0 Å². The van der Waals surface area contributed by atoms with E-state index in [0.717, 1.165) is 19.7 Å². The van der Waals surface area contributed by atoms with E-state index in [9.17, 15) is 0 Å². The predicted octanol–water partition coefficient (Wildman–Crippen LogP) is 0.0744. The van der Waals surface area contributed by atoms with Crippen molar-refractivity contribution >= 4 is 0 Å². The molecule has 2 aliphatic rings. The second-order valence-corrected chi connectivity index (χ2v) is 3.53. The molecule has 0 spiro atoms. The van der Waals surface area contributed by atoms with Crippen LogP contribution in [-0.2, 0) is 4.74 Å². The van der Waals surface area contributed by atoms with Crippen LogP contribution in [0.1, 0.15) is 19.8 Å². The molecule has 3 heteroatoms. The summed E-state index contributed by atoms with van der Waals surface area (Å²) in [5.41, 5.74) is -0.0868. The van der Waals surface area contributed by atoms with E-state index in [1.54, 1.807) is 0 Å². The first kappa shape index (κ1) is 7.53. The van der Waals surface area contributed by atoms with Crippen LogP contribution in [0.3, 0.4) is 0 Å². The van der Waals surface area contributed by atoms with E-state index in [-0.39, 0.29) is 5.72 Å². The highest BCUT2D eigenvalue weighted by atomic mass is 16.5. The van der Waals surface area contributed by atoms with Crippen LogP contribution >= 0.6 is 0 Å². The molecule has 0 saturated carbocycles. The molecule has 0 aromatic carbocycles. The third kappa shape index (κ3) is 1.28. The van der Waals surface area contributed by atoms with Crippen LogP contribution in [0, 0.1) is 0 Å². The lowest BCUT2D eigenvalue weighted by molar-refractivity contribution is -0.0202. The van der Waals surface area contributed by atoms with Crippen molar-refractivity contribution in [2.45, 2.75) is 31.5 Å². The fourth-order valence-electron chi connectivity index (χ4n) is 1.99. The number of hydrogen-bond donors (Lipinski definition) is 2. The van der Waals surface area contributed by atoms with Crippen LogP contribution in [0.15, 0.2) is 0 Å². The monoisotopic (exact) mass is 156 g/mol. The first-order valence-corrected chi connectivity index (χ1v) is 4.44. The first-order chi connectivity index (χ1) is 5.31. The minimum Gasteiger partial charge on any atom is -0.358 e. The molecule has 2 aliphatic heterocycles. The minimum absolute atomic E-state index is 0.0868. The van der Waals surface area contributed by atoms with E-state index in [4.69, 9.17) is 4.74 Å². The van der Waals surface area contributed by atoms with Crippen LogP contribution in [0.4, 0.5) is 0 Å². The van der Waals surface area contributed by atoms with Crippen LogP contribution in [0.5, 0.6) is 0 Å². The van der Waals surface area contributed by atoms with E-state index in [1.165, 1.54) is 12.8 Å². The molecule has 2 rings (SSSR count). The van der Waals surface area contributed by atoms with Crippen molar-refractivity contribution in [3.8, 4) is 0 Å². The summed E-state index contributed by atoms with van der Waals surface area (Å²) in [6.07, 6.45) is 2.52. The largest absolute Gasteiger partial charge is 0.358 e. The SMILES string of the molecule is CC1(C2CCCN2)NCCO1. The zero-order chi connectivity index (χ0) is 7.73. The van der Waals surface area contributed by atoms with Crippen molar-refractivity contribution < 1.29 is 4.74 Å². The van der Waals surface area contributed by atoms with Crippen molar-refractivity contribution in [2.75, 3.05) is 19.7 Å². The van der Waals surface area contributed by atoms with Gasteiger partial charge in [-0.2, -0.15) is 0 Å². The summed E-state index contributed by atoms with van der Waals surface area (Å²) >= 11 is 0. The number of ether oxygens (including phenoxy) is 1. The molecule has 0 aromatic heterocycles. The summed E-state index contributed by atoms with van der Waals surface area (Å²) in [5, 5.41) is 6.84. The van der Waals surface area contributed by atoms with E-state index < -0.39 is 0 Å². The minimum atomic E-state index is -0.0868. The van der Waals surface area contributed by atoms with Crippen LogP contribution in [0.25, 0.3) is 0 Å². The van der Waals surface area contributed by atoms with Gasteiger partial charge in [0.25, 0.3) is 0 Å². The lowest BCUT2D eigenvalue weighted by Gasteiger charge is -2.30. The molecule has 2 N–H and O–H groups in total. The molecule has 0 bridgehead atoms. The lowest BCUT2D eigenvalue weighted by atomic mass is 10.1. The summed E-state index contributed by atoms with van der Waals surface area (Å²) in [5.74, 6) is 0. The van der Waals surface area contributed by atoms with Gasteiger partial charge in [0.1, 0.15) is 5.72 Å². The molecule has 2 atom stereocenters. The van der Waals surface area contributed by atoms with Gasteiger partial charge >= 0.3 is 0 Å². The molecule has 0 aromatic rings. The first-order valence-electron chi connectivity index (χ1n) is 4.44. The van der Waals surface area contributed by atoms with Gasteiger partial charge in [-0.05, 0) is 26.3 Å². The molecule has 0 radical (unpaired) electrons. The van der Waals surface area contributed by atoms with Crippen molar-refractivity contribution in [1.82, 2.24) is 10.6 Å². The van der Waals surface area contributed by atoms with Gasteiger partial charge in [0.2, 0.25) is 0 Å². The second-order valence-electron chi connectivity index (χ2n) is 3.53. The van der Waals surface area contributed by atoms with Gasteiger partial charge in [-0.3, -0.25) is 5.32 Å². The normalized spacial score (nSPS) is 45.0. The fourth-order valence-corrected chi connectivity index (χ4v) is 1.99. The predicted molar refractivity (Wildman–Crippen MR) is 43.4 cm³/mol. The Balaban J connectivity index is 2.00. The van der Waals surface area contributed by atoms with Crippen LogP contribution < -0.4 is 10.6 Å². The van der Waals surface area contributed by atoms with Crippen LogP contribution in [-0.4, -0.2) is 31.5 Å². The molecule has 2 saturated heterocycles. The highest BCUT2D eigenvalue weighted by molar-refractivity contribution is 4.93. The van der Waals surface area contributed by atoms with E-state index >= 15 is 0 Å². The maximum Gasteiger partial charge on any atom is 0.131 e. The highest BCUT2D eigenvalue weighted by Gasteiger charge is 2.39. The molecule has 2 unspecified atom stereocenters. The summed E-state index contributed by atoms with van der Waals surface area (Å²) < 4.78 is 5.65. The Morgan fingerprint density at radius 2 is 2.36 bits per heavy atom. The maximum atomic E-state index is 5.65. The van der Waals surface area contributed by atoms with E-state index in [0.29, 0.717) is 6.04 Å². The van der Waals surface area contributed by atoms with Crippen molar-refractivity contribution in [3.63, 3.8) is 0 Å². The Morgan fingerprint density at radius 3 is 2.91 bits per heavy atom. The van der Waals surface area contributed by atoms with E-state index in [1.807, 2.05) is 0 Å². The average Bonchev–Trinajstić information content (AvgIpc) is 2.55. The Hall–Kier alpha value is -0.120. The van der Waals surface area contributed by atoms with Gasteiger partial charge in [-0.1, -0.05) is 0 Å². The zero-order valence-corrected chi connectivity index (χ0v) is 7.02. The van der Waals surface area contributed by atoms with Crippen molar-refractivity contribution in [3.05, 3.63) is 0 Å². The summed E-state index contributed by atoms with van der Waals surface area (Å²) in [7, 11) is 0. The van der Waals surface area contributed by atoms with Gasteiger partial charge in [-0.25, -0.2) is 0 Å². The molecule has 11 heavy (non-hydrogen) atoms. The summed E-state index contributed by atoms with van der Waals surface area (Å²) in [4.78, 5) is 0.